The van der Waals surface area contributed by atoms with Crippen LogP contribution < -0.4 is 15.4 Å². The minimum atomic E-state index is -4.42. The van der Waals surface area contributed by atoms with Crippen LogP contribution in [0, 0.1) is 13.8 Å². The third-order valence-corrected chi connectivity index (χ3v) is 3.92. The second-order valence-corrected chi connectivity index (χ2v) is 6.25. The fourth-order valence-corrected chi connectivity index (χ4v) is 2.65. The van der Waals surface area contributed by atoms with Gasteiger partial charge in [0.05, 0.1) is 18.4 Å². The summed E-state index contributed by atoms with van der Waals surface area (Å²) in [5.41, 5.74) is 1.92. The summed E-state index contributed by atoms with van der Waals surface area (Å²) in [5, 5.41) is 6.00. The number of aromatic nitrogens is 2. The molecule has 3 rings (SSSR count). The van der Waals surface area contributed by atoms with E-state index in [1.54, 1.807) is 20.1 Å². The quantitative estimate of drug-likeness (QED) is 0.595. The molecular weight excluding hydrogens is 369 g/mol. The number of rotatable bonds is 5. The van der Waals surface area contributed by atoms with Crippen molar-refractivity contribution in [3.05, 3.63) is 65.4 Å². The number of hydrogen-bond acceptors (Lipinski definition) is 5. The molecule has 1 heterocycles. The third kappa shape index (κ3) is 4.70. The predicted molar refractivity (Wildman–Crippen MR) is 103 cm³/mol. The van der Waals surface area contributed by atoms with Crippen molar-refractivity contribution in [2.45, 2.75) is 20.0 Å². The van der Waals surface area contributed by atoms with Crippen molar-refractivity contribution in [1.29, 1.82) is 0 Å². The van der Waals surface area contributed by atoms with Crippen LogP contribution in [0.1, 0.15) is 16.8 Å². The Balaban J connectivity index is 1.88. The second-order valence-electron chi connectivity index (χ2n) is 6.25. The van der Waals surface area contributed by atoms with Crippen molar-refractivity contribution in [2.75, 3.05) is 17.7 Å². The maximum atomic E-state index is 12.9. The zero-order chi connectivity index (χ0) is 20.3. The van der Waals surface area contributed by atoms with Crippen LogP contribution in [0.15, 0.2) is 48.5 Å². The van der Waals surface area contributed by atoms with Crippen LogP contribution in [0.25, 0.3) is 0 Å². The molecule has 0 saturated carbocycles. The molecule has 5 nitrogen and oxygen atoms in total. The van der Waals surface area contributed by atoms with Crippen LogP contribution >= 0.6 is 0 Å². The number of methoxy groups -OCH3 is 1. The third-order valence-electron chi connectivity index (χ3n) is 3.92. The van der Waals surface area contributed by atoms with Gasteiger partial charge in [-0.2, -0.15) is 18.2 Å². The fraction of sp³-hybridized carbons (Fsp3) is 0.200. The Kier molecular flexibility index (Phi) is 5.39. The van der Waals surface area contributed by atoms with E-state index in [-0.39, 0.29) is 11.6 Å². The van der Waals surface area contributed by atoms with Gasteiger partial charge >= 0.3 is 6.18 Å². The molecule has 0 aliphatic carbocycles. The Hall–Kier alpha value is -3.29. The van der Waals surface area contributed by atoms with Crippen LogP contribution in [-0.4, -0.2) is 17.1 Å². The van der Waals surface area contributed by atoms with E-state index in [0.29, 0.717) is 17.3 Å². The highest BCUT2D eigenvalue weighted by atomic mass is 19.4. The lowest BCUT2D eigenvalue weighted by Crippen LogP contribution is -2.06. The smallest absolute Gasteiger partial charge is 0.416 e. The molecule has 0 amide bonds. The minimum absolute atomic E-state index is 0.188. The monoisotopic (exact) mass is 388 g/mol. The number of nitrogens with one attached hydrogen (secondary N) is 2. The van der Waals surface area contributed by atoms with Crippen molar-refractivity contribution >= 4 is 23.1 Å². The first-order valence-corrected chi connectivity index (χ1v) is 8.46. The van der Waals surface area contributed by atoms with Gasteiger partial charge in [0.2, 0.25) is 5.95 Å². The molecule has 2 aromatic carbocycles. The number of nitrogens with zero attached hydrogens (tertiary/aromatic N) is 2. The van der Waals surface area contributed by atoms with Crippen molar-refractivity contribution in [1.82, 2.24) is 9.97 Å². The predicted octanol–water partition coefficient (Wildman–Crippen LogP) is 5.61. The summed E-state index contributed by atoms with van der Waals surface area (Å²) in [5.74, 6) is 1.33. The average molecular weight is 388 g/mol. The van der Waals surface area contributed by atoms with Crippen LogP contribution in [0.3, 0.4) is 0 Å². The van der Waals surface area contributed by atoms with Gasteiger partial charge in [0.15, 0.2) is 0 Å². The Bertz CT molecular complexity index is 989. The molecule has 0 saturated heterocycles. The Morgan fingerprint density at radius 1 is 0.929 bits per heavy atom. The van der Waals surface area contributed by atoms with E-state index >= 15 is 0 Å². The molecule has 8 heteroatoms. The number of benzene rings is 2. The SMILES string of the molecule is COc1ccc(C)cc1Nc1cc(C)nc(Nc2cccc(C(F)(F)F)c2)n1. The Morgan fingerprint density at radius 3 is 2.43 bits per heavy atom. The van der Waals surface area contributed by atoms with Crippen LogP contribution in [-0.2, 0) is 6.18 Å². The van der Waals surface area contributed by atoms with E-state index < -0.39 is 11.7 Å². The average Bonchev–Trinajstić information content (AvgIpc) is 2.61. The summed E-state index contributed by atoms with van der Waals surface area (Å²) >= 11 is 0. The van der Waals surface area contributed by atoms with Crippen molar-refractivity contribution in [3.63, 3.8) is 0 Å². The standard InChI is InChI=1S/C20H19F3N4O/c1-12-7-8-17(28-3)16(9-12)26-18-10-13(2)24-19(27-18)25-15-6-4-5-14(11-15)20(21,22)23/h4-11H,1-3H3,(H2,24,25,26,27). The zero-order valence-electron chi connectivity index (χ0n) is 15.6. The highest BCUT2D eigenvalue weighted by Gasteiger charge is 2.30. The number of hydrogen-bond donors (Lipinski definition) is 2. The van der Waals surface area contributed by atoms with E-state index in [1.165, 1.54) is 12.1 Å². The maximum Gasteiger partial charge on any atom is 0.416 e. The minimum Gasteiger partial charge on any atom is -0.495 e. The number of alkyl halides is 3. The molecule has 28 heavy (non-hydrogen) atoms. The largest absolute Gasteiger partial charge is 0.495 e. The van der Waals surface area contributed by atoms with E-state index in [9.17, 15) is 13.2 Å². The van der Waals surface area contributed by atoms with E-state index in [2.05, 4.69) is 20.6 Å². The number of anilines is 4. The number of ether oxygens (including phenoxy) is 1. The Labute approximate surface area is 160 Å². The first kappa shape index (κ1) is 19.5. The first-order chi connectivity index (χ1) is 13.2. The summed E-state index contributed by atoms with van der Waals surface area (Å²) in [6, 6.07) is 12.3. The highest BCUT2D eigenvalue weighted by Crippen LogP contribution is 2.32. The summed E-state index contributed by atoms with van der Waals surface area (Å²) in [4.78, 5) is 8.60. The van der Waals surface area contributed by atoms with Crippen molar-refractivity contribution < 1.29 is 17.9 Å². The molecule has 2 N–H and O–H groups in total. The first-order valence-electron chi connectivity index (χ1n) is 8.46. The molecule has 0 aliphatic rings. The second kappa shape index (κ2) is 7.75. The molecular formula is C20H19F3N4O. The van der Waals surface area contributed by atoms with Gasteiger partial charge in [-0.05, 0) is 49.7 Å². The maximum absolute atomic E-state index is 12.9. The van der Waals surface area contributed by atoms with Gasteiger partial charge in [-0.15, -0.1) is 0 Å². The van der Waals surface area contributed by atoms with E-state index in [0.717, 1.165) is 23.4 Å². The van der Waals surface area contributed by atoms with Gasteiger partial charge in [0.25, 0.3) is 0 Å². The molecule has 0 fully saturated rings. The van der Waals surface area contributed by atoms with Crippen molar-refractivity contribution in [2.24, 2.45) is 0 Å². The van der Waals surface area contributed by atoms with E-state index in [1.807, 2.05) is 25.1 Å². The lowest BCUT2D eigenvalue weighted by molar-refractivity contribution is -0.137. The molecule has 0 spiro atoms. The lowest BCUT2D eigenvalue weighted by atomic mass is 10.2. The molecule has 0 aliphatic heterocycles. The van der Waals surface area contributed by atoms with Gasteiger partial charge < -0.3 is 15.4 Å². The topological polar surface area (TPSA) is 59.1 Å². The summed E-state index contributed by atoms with van der Waals surface area (Å²) in [7, 11) is 1.57. The molecule has 0 atom stereocenters. The molecule has 0 unspecified atom stereocenters. The number of aryl methyl sites for hydroxylation is 2. The fourth-order valence-electron chi connectivity index (χ4n) is 2.65. The lowest BCUT2D eigenvalue weighted by Gasteiger charge is -2.14. The van der Waals surface area contributed by atoms with Gasteiger partial charge in [-0.25, -0.2) is 4.98 Å². The van der Waals surface area contributed by atoms with Gasteiger partial charge in [0.1, 0.15) is 11.6 Å². The summed E-state index contributed by atoms with van der Waals surface area (Å²) in [6.07, 6.45) is -4.42. The number of halogens is 3. The molecule has 146 valence electrons. The van der Waals surface area contributed by atoms with Crippen LogP contribution in [0.5, 0.6) is 5.75 Å². The summed E-state index contributed by atoms with van der Waals surface area (Å²) < 4.78 is 44.0. The van der Waals surface area contributed by atoms with Crippen LogP contribution in [0.4, 0.5) is 36.3 Å². The zero-order valence-corrected chi connectivity index (χ0v) is 15.6. The Morgan fingerprint density at radius 2 is 1.71 bits per heavy atom. The normalized spacial score (nSPS) is 11.2. The van der Waals surface area contributed by atoms with Gasteiger partial charge in [0, 0.05) is 17.4 Å². The molecule has 1 aromatic heterocycles. The highest BCUT2D eigenvalue weighted by molar-refractivity contribution is 5.66. The van der Waals surface area contributed by atoms with Crippen LogP contribution in [0.2, 0.25) is 0 Å². The van der Waals surface area contributed by atoms with Crippen molar-refractivity contribution in [3.8, 4) is 5.75 Å². The molecule has 0 radical (unpaired) electrons. The summed E-state index contributed by atoms with van der Waals surface area (Å²) in [6.45, 7) is 3.73. The van der Waals surface area contributed by atoms with Gasteiger partial charge in [-0.3, -0.25) is 0 Å². The van der Waals surface area contributed by atoms with Gasteiger partial charge in [-0.1, -0.05) is 12.1 Å². The van der Waals surface area contributed by atoms with E-state index in [4.69, 9.17) is 4.74 Å². The molecule has 3 aromatic rings. The molecule has 0 bridgehead atoms.